The van der Waals surface area contributed by atoms with E-state index in [4.69, 9.17) is 11.6 Å². The van der Waals surface area contributed by atoms with E-state index in [0.717, 1.165) is 16.7 Å². The molecule has 0 bridgehead atoms. The molecule has 0 aromatic carbocycles. The Labute approximate surface area is 88.0 Å². The van der Waals surface area contributed by atoms with Gasteiger partial charge in [-0.25, -0.2) is 9.97 Å². The zero-order chi connectivity index (χ0) is 10.3. The van der Waals surface area contributed by atoms with Crippen LogP contribution in [0.2, 0.25) is 5.15 Å². The first-order valence-electron chi connectivity index (χ1n) is 4.49. The van der Waals surface area contributed by atoms with Crippen molar-refractivity contribution in [3.8, 4) is 0 Å². The standard InChI is InChI=1S/C11H11ClN2/c1-6-7(2)9-4-5-10(12)14-11(9)13-8(6)3/h4-5H,1-3H3. The van der Waals surface area contributed by atoms with Gasteiger partial charge in [0.1, 0.15) is 5.15 Å². The fourth-order valence-electron chi connectivity index (χ4n) is 1.52. The van der Waals surface area contributed by atoms with Gasteiger partial charge in [0.25, 0.3) is 0 Å². The summed E-state index contributed by atoms with van der Waals surface area (Å²) in [5, 5.41) is 1.57. The molecule has 2 heterocycles. The molecule has 0 radical (unpaired) electrons. The van der Waals surface area contributed by atoms with Crippen molar-refractivity contribution in [2.45, 2.75) is 20.8 Å². The highest BCUT2D eigenvalue weighted by molar-refractivity contribution is 6.29. The molecule has 2 nitrogen and oxygen atoms in total. The van der Waals surface area contributed by atoms with Gasteiger partial charge in [0.05, 0.1) is 0 Å². The van der Waals surface area contributed by atoms with E-state index in [1.165, 1.54) is 11.1 Å². The van der Waals surface area contributed by atoms with E-state index in [1.807, 2.05) is 13.0 Å². The van der Waals surface area contributed by atoms with E-state index in [1.54, 1.807) is 6.07 Å². The fraction of sp³-hybridized carbons (Fsp3) is 0.273. The van der Waals surface area contributed by atoms with Crippen LogP contribution in [0.1, 0.15) is 16.8 Å². The summed E-state index contributed by atoms with van der Waals surface area (Å²) in [6, 6.07) is 3.77. The van der Waals surface area contributed by atoms with Crippen molar-refractivity contribution in [3.05, 3.63) is 34.1 Å². The normalized spacial score (nSPS) is 10.9. The van der Waals surface area contributed by atoms with E-state index in [-0.39, 0.29) is 0 Å². The minimum Gasteiger partial charge on any atom is -0.233 e. The van der Waals surface area contributed by atoms with Crippen LogP contribution in [0.15, 0.2) is 12.1 Å². The molecule has 0 spiro atoms. The second-order valence-corrected chi connectivity index (χ2v) is 3.84. The molecule has 2 rings (SSSR count). The molecule has 0 saturated heterocycles. The van der Waals surface area contributed by atoms with E-state index < -0.39 is 0 Å². The third kappa shape index (κ3) is 1.36. The highest BCUT2D eigenvalue weighted by Crippen LogP contribution is 2.21. The molecule has 2 aromatic heterocycles. The Bertz CT molecular complexity index is 506. The number of halogens is 1. The van der Waals surface area contributed by atoms with E-state index in [2.05, 4.69) is 23.8 Å². The van der Waals surface area contributed by atoms with Crippen LogP contribution in [0.5, 0.6) is 0 Å². The van der Waals surface area contributed by atoms with Gasteiger partial charge in [-0.15, -0.1) is 0 Å². The minimum absolute atomic E-state index is 0.493. The second-order valence-electron chi connectivity index (χ2n) is 3.45. The van der Waals surface area contributed by atoms with Crippen molar-refractivity contribution in [1.29, 1.82) is 0 Å². The third-order valence-electron chi connectivity index (χ3n) is 2.62. The first kappa shape index (κ1) is 9.41. The molecule has 0 unspecified atom stereocenters. The molecule has 0 amide bonds. The van der Waals surface area contributed by atoms with Crippen LogP contribution >= 0.6 is 11.6 Å². The Morgan fingerprint density at radius 2 is 1.71 bits per heavy atom. The number of hydrogen-bond acceptors (Lipinski definition) is 2. The van der Waals surface area contributed by atoms with Crippen LogP contribution in [-0.2, 0) is 0 Å². The number of aryl methyl sites for hydroxylation is 2. The van der Waals surface area contributed by atoms with Crippen molar-refractivity contribution in [1.82, 2.24) is 9.97 Å². The molecule has 0 aliphatic rings. The molecule has 14 heavy (non-hydrogen) atoms. The maximum absolute atomic E-state index is 5.81. The summed E-state index contributed by atoms with van der Waals surface area (Å²) in [5.41, 5.74) is 4.21. The van der Waals surface area contributed by atoms with Crippen LogP contribution in [0.4, 0.5) is 0 Å². The lowest BCUT2D eigenvalue weighted by Gasteiger charge is -2.07. The van der Waals surface area contributed by atoms with Gasteiger partial charge in [-0.05, 0) is 44.0 Å². The summed E-state index contributed by atoms with van der Waals surface area (Å²) < 4.78 is 0. The number of nitrogens with zero attached hydrogens (tertiary/aromatic N) is 2. The van der Waals surface area contributed by atoms with Gasteiger partial charge in [0.2, 0.25) is 0 Å². The van der Waals surface area contributed by atoms with Crippen molar-refractivity contribution in [2.24, 2.45) is 0 Å². The van der Waals surface area contributed by atoms with Gasteiger partial charge in [0.15, 0.2) is 5.65 Å². The average molecular weight is 207 g/mol. The third-order valence-corrected chi connectivity index (χ3v) is 2.83. The zero-order valence-electron chi connectivity index (χ0n) is 8.43. The Hall–Kier alpha value is -1.15. The minimum atomic E-state index is 0.493. The molecule has 0 aliphatic heterocycles. The van der Waals surface area contributed by atoms with Crippen LogP contribution in [0.3, 0.4) is 0 Å². The SMILES string of the molecule is Cc1nc2nc(Cl)ccc2c(C)c1C. The van der Waals surface area contributed by atoms with E-state index >= 15 is 0 Å². The molecule has 72 valence electrons. The lowest BCUT2D eigenvalue weighted by molar-refractivity contribution is 1.14. The first-order chi connectivity index (χ1) is 6.59. The smallest absolute Gasteiger partial charge is 0.161 e. The predicted octanol–water partition coefficient (Wildman–Crippen LogP) is 3.21. The van der Waals surface area contributed by atoms with Crippen molar-refractivity contribution >= 4 is 22.6 Å². The molecule has 0 aliphatic carbocycles. The topological polar surface area (TPSA) is 25.8 Å². The number of fused-ring (bicyclic) bond motifs is 1. The van der Waals surface area contributed by atoms with Crippen LogP contribution in [0, 0.1) is 20.8 Å². The maximum Gasteiger partial charge on any atom is 0.161 e. The highest BCUT2D eigenvalue weighted by Gasteiger charge is 2.06. The average Bonchev–Trinajstić information content (AvgIpc) is 2.14. The summed E-state index contributed by atoms with van der Waals surface area (Å²) in [5.74, 6) is 0. The molecule has 3 heteroatoms. The van der Waals surface area contributed by atoms with Crippen molar-refractivity contribution < 1.29 is 0 Å². The number of rotatable bonds is 0. The maximum atomic E-state index is 5.81. The summed E-state index contributed by atoms with van der Waals surface area (Å²) >= 11 is 5.81. The van der Waals surface area contributed by atoms with Gasteiger partial charge in [-0.3, -0.25) is 0 Å². The Morgan fingerprint density at radius 1 is 1.00 bits per heavy atom. The Balaban J connectivity index is 2.91. The van der Waals surface area contributed by atoms with Gasteiger partial charge in [0, 0.05) is 11.1 Å². The van der Waals surface area contributed by atoms with Crippen LogP contribution < -0.4 is 0 Å². The summed E-state index contributed by atoms with van der Waals surface area (Å²) in [4.78, 5) is 8.59. The van der Waals surface area contributed by atoms with Crippen molar-refractivity contribution in [2.75, 3.05) is 0 Å². The quantitative estimate of drug-likeness (QED) is 0.619. The highest BCUT2D eigenvalue weighted by atomic mass is 35.5. The van der Waals surface area contributed by atoms with E-state index in [9.17, 15) is 0 Å². The van der Waals surface area contributed by atoms with Gasteiger partial charge in [-0.2, -0.15) is 0 Å². The zero-order valence-corrected chi connectivity index (χ0v) is 9.18. The molecule has 0 N–H and O–H groups in total. The molecule has 0 atom stereocenters. The van der Waals surface area contributed by atoms with E-state index in [0.29, 0.717) is 5.15 Å². The molecular weight excluding hydrogens is 196 g/mol. The summed E-state index contributed by atoms with van der Waals surface area (Å²) in [6.07, 6.45) is 0. The molecule has 0 fully saturated rings. The van der Waals surface area contributed by atoms with Gasteiger partial charge in [-0.1, -0.05) is 11.6 Å². The lowest BCUT2D eigenvalue weighted by atomic mass is 10.1. The fourth-order valence-corrected chi connectivity index (χ4v) is 1.66. The van der Waals surface area contributed by atoms with Crippen LogP contribution in [-0.4, -0.2) is 9.97 Å². The molecule has 0 saturated carbocycles. The second kappa shape index (κ2) is 3.21. The van der Waals surface area contributed by atoms with Gasteiger partial charge >= 0.3 is 0 Å². The predicted molar refractivity (Wildman–Crippen MR) is 58.8 cm³/mol. The number of hydrogen-bond donors (Lipinski definition) is 0. The van der Waals surface area contributed by atoms with Crippen molar-refractivity contribution in [3.63, 3.8) is 0 Å². The lowest BCUT2D eigenvalue weighted by Crippen LogP contribution is -1.95. The molecule has 2 aromatic rings. The first-order valence-corrected chi connectivity index (χ1v) is 4.87. The summed E-state index contributed by atoms with van der Waals surface area (Å²) in [6.45, 7) is 6.15. The largest absolute Gasteiger partial charge is 0.233 e. The monoisotopic (exact) mass is 206 g/mol. The summed E-state index contributed by atoms with van der Waals surface area (Å²) in [7, 11) is 0. The Kier molecular flexibility index (Phi) is 2.16. The molecular formula is C11H11ClN2. The van der Waals surface area contributed by atoms with Crippen LogP contribution in [0.25, 0.3) is 11.0 Å². The number of aromatic nitrogens is 2. The Morgan fingerprint density at radius 3 is 2.43 bits per heavy atom. The van der Waals surface area contributed by atoms with Gasteiger partial charge < -0.3 is 0 Å². The number of pyridine rings is 2.